The number of fused-ring (bicyclic) bond motifs is 1. The fourth-order valence-electron chi connectivity index (χ4n) is 3.38. The van der Waals surface area contributed by atoms with Crippen LogP contribution in [-0.2, 0) is 16.1 Å². The molecule has 0 aliphatic carbocycles. The number of aromatic carboxylic acids is 1. The maximum absolute atomic E-state index is 12.0. The topological polar surface area (TPSA) is 93.5 Å². The smallest absolute Gasteiger partial charge is 0.356 e. The van der Waals surface area contributed by atoms with Gasteiger partial charge in [-0.15, -0.1) is 0 Å². The first-order chi connectivity index (χ1) is 10.1. The van der Waals surface area contributed by atoms with Gasteiger partial charge in [0.25, 0.3) is 0 Å². The van der Waals surface area contributed by atoms with E-state index in [1.807, 2.05) is 4.57 Å². The first-order valence-corrected chi connectivity index (χ1v) is 7.25. The third-order valence-corrected chi connectivity index (χ3v) is 4.35. The number of imidazole rings is 1. The van der Waals surface area contributed by atoms with Gasteiger partial charge in [-0.3, -0.25) is 4.79 Å². The second-order valence-electron chi connectivity index (χ2n) is 5.57. The molecule has 114 valence electrons. The molecule has 1 fully saturated rings. The van der Waals surface area contributed by atoms with E-state index in [0.29, 0.717) is 12.1 Å². The quantitative estimate of drug-likeness (QED) is 0.797. The molecule has 1 saturated heterocycles. The zero-order chi connectivity index (χ0) is 15.0. The number of rotatable bonds is 3. The summed E-state index contributed by atoms with van der Waals surface area (Å²) in [5.74, 6) is -0.971. The molecule has 0 saturated carbocycles. The minimum atomic E-state index is -1.08. The predicted molar refractivity (Wildman–Crippen MR) is 73.4 cm³/mol. The highest BCUT2D eigenvalue weighted by atomic mass is 16.5. The Bertz CT molecular complexity index is 575. The van der Waals surface area contributed by atoms with Gasteiger partial charge in [-0.05, 0) is 25.8 Å². The van der Waals surface area contributed by atoms with Crippen molar-refractivity contribution >= 4 is 11.9 Å². The van der Waals surface area contributed by atoms with Crippen molar-refractivity contribution in [3.63, 3.8) is 0 Å². The standard InChI is InChI=1S/C14H19N3O4/c1-21-14(20)9-3-2-6-17-11(9)10(13(18)19)16-12(17)8-4-5-15-7-8/h8-9,15H,2-7H2,1H3,(H,18,19). The summed E-state index contributed by atoms with van der Waals surface area (Å²) < 4.78 is 6.77. The Hall–Kier alpha value is -1.89. The maximum Gasteiger partial charge on any atom is 0.356 e. The minimum absolute atomic E-state index is 0.00648. The van der Waals surface area contributed by atoms with Gasteiger partial charge in [0.05, 0.1) is 18.7 Å². The Morgan fingerprint density at radius 1 is 1.43 bits per heavy atom. The van der Waals surface area contributed by atoms with Gasteiger partial charge in [0.15, 0.2) is 5.69 Å². The van der Waals surface area contributed by atoms with E-state index in [1.54, 1.807) is 0 Å². The number of hydrogen-bond acceptors (Lipinski definition) is 5. The molecule has 3 rings (SSSR count). The van der Waals surface area contributed by atoms with Crippen LogP contribution in [0.4, 0.5) is 0 Å². The van der Waals surface area contributed by atoms with Crippen LogP contribution < -0.4 is 5.32 Å². The maximum atomic E-state index is 12.0. The lowest BCUT2D eigenvalue weighted by molar-refractivity contribution is -0.143. The Morgan fingerprint density at radius 2 is 2.24 bits per heavy atom. The number of carbonyl (C=O) groups is 2. The second-order valence-corrected chi connectivity index (χ2v) is 5.57. The van der Waals surface area contributed by atoms with Crippen molar-refractivity contribution in [3.8, 4) is 0 Å². The van der Waals surface area contributed by atoms with Gasteiger partial charge in [-0.2, -0.15) is 0 Å². The summed E-state index contributed by atoms with van der Waals surface area (Å²) in [7, 11) is 1.33. The summed E-state index contributed by atoms with van der Waals surface area (Å²) in [4.78, 5) is 27.8. The van der Waals surface area contributed by atoms with Crippen LogP contribution in [0.5, 0.6) is 0 Å². The fourth-order valence-corrected chi connectivity index (χ4v) is 3.38. The zero-order valence-electron chi connectivity index (χ0n) is 12.0. The van der Waals surface area contributed by atoms with Crippen molar-refractivity contribution in [2.24, 2.45) is 0 Å². The van der Waals surface area contributed by atoms with Crippen LogP contribution in [0.15, 0.2) is 0 Å². The molecule has 0 amide bonds. The molecule has 0 bridgehead atoms. The highest BCUT2D eigenvalue weighted by Gasteiger charge is 2.37. The monoisotopic (exact) mass is 293 g/mol. The second kappa shape index (κ2) is 5.48. The van der Waals surface area contributed by atoms with Crippen molar-refractivity contribution in [1.29, 1.82) is 0 Å². The normalized spacial score (nSPS) is 24.6. The summed E-state index contributed by atoms with van der Waals surface area (Å²) in [5.41, 5.74) is 0.523. The summed E-state index contributed by atoms with van der Waals surface area (Å²) in [6, 6.07) is 0. The molecule has 1 aromatic heterocycles. The third kappa shape index (κ3) is 2.31. The molecule has 2 N–H and O–H groups in total. The van der Waals surface area contributed by atoms with Crippen molar-refractivity contribution in [2.75, 3.05) is 20.2 Å². The van der Waals surface area contributed by atoms with Gasteiger partial charge in [0, 0.05) is 19.0 Å². The van der Waals surface area contributed by atoms with E-state index in [9.17, 15) is 14.7 Å². The van der Waals surface area contributed by atoms with Crippen LogP contribution in [0.3, 0.4) is 0 Å². The number of carboxylic acids is 1. The molecule has 2 aliphatic rings. The van der Waals surface area contributed by atoms with Crippen molar-refractivity contribution in [3.05, 3.63) is 17.2 Å². The lowest BCUT2D eigenvalue weighted by Gasteiger charge is -2.25. The summed E-state index contributed by atoms with van der Waals surface area (Å²) >= 11 is 0. The number of methoxy groups -OCH3 is 1. The van der Waals surface area contributed by atoms with E-state index in [2.05, 4.69) is 10.3 Å². The number of esters is 1. The Kier molecular flexibility index (Phi) is 3.67. The van der Waals surface area contributed by atoms with Crippen LogP contribution in [-0.4, -0.2) is 46.8 Å². The van der Waals surface area contributed by atoms with Crippen molar-refractivity contribution in [2.45, 2.75) is 37.6 Å². The molecule has 2 unspecified atom stereocenters. The predicted octanol–water partition coefficient (Wildman–Crippen LogP) is 0.709. The Morgan fingerprint density at radius 3 is 2.86 bits per heavy atom. The van der Waals surface area contributed by atoms with Crippen molar-refractivity contribution in [1.82, 2.24) is 14.9 Å². The summed E-state index contributed by atoms with van der Waals surface area (Å²) in [6.45, 7) is 2.43. The van der Waals surface area contributed by atoms with Crippen LogP contribution >= 0.6 is 0 Å². The molecule has 0 spiro atoms. The minimum Gasteiger partial charge on any atom is -0.476 e. The summed E-state index contributed by atoms with van der Waals surface area (Å²) in [5, 5.41) is 12.7. The molecule has 1 aromatic rings. The number of nitrogens with zero attached hydrogens (tertiary/aromatic N) is 2. The number of nitrogens with one attached hydrogen (secondary N) is 1. The van der Waals surface area contributed by atoms with Gasteiger partial charge < -0.3 is 19.7 Å². The number of carbonyl (C=O) groups excluding carboxylic acids is 1. The SMILES string of the molecule is COC(=O)C1CCCn2c(C3CCNC3)nc(C(=O)O)c21. The molecule has 2 aliphatic heterocycles. The van der Waals surface area contributed by atoms with Gasteiger partial charge in [0.2, 0.25) is 0 Å². The van der Waals surface area contributed by atoms with Crippen LogP contribution in [0.25, 0.3) is 0 Å². The molecule has 7 nitrogen and oxygen atoms in total. The van der Waals surface area contributed by atoms with E-state index < -0.39 is 11.9 Å². The summed E-state index contributed by atoms with van der Waals surface area (Å²) in [6.07, 6.45) is 2.38. The molecular formula is C14H19N3O4. The third-order valence-electron chi connectivity index (χ3n) is 4.35. The number of aromatic nitrogens is 2. The first-order valence-electron chi connectivity index (χ1n) is 7.25. The van der Waals surface area contributed by atoms with E-state index in [0.717, 1.165) is 38.3 Å². The Balaban J connectivity index is 2.10. The zero-order valence-corrected chi connectivity index (χ0v) is 12.0. The van der Waals surface area contributed by atoms with Gasteiger partial charge >= 0.3 is 11.9 Å². The van der Waals surface area contributed by atoms with E-state index in [-0.39, 0.29) is 17.6 Å². The number of hydrogen-bond donors (Lipinski definition) is 2. The van der Waals surface area contributed by atoms with Crippen LogP contribution in [0, 0.1) is 0 Å². The van der Waals surface area contributed by atoms with Gasteiger partial charge in [-0.1, -0.05) is 0 Å². The average Bonchev–Trinajstić information content (AvgIpc) is 3.12. The number of ether oxygens (including phenoxy) is 1. The molecule has 7 heteroatoms. The highest BCUT2D eigenvalue weighted by Crippen LogP contribution is 2.35. The lowest BCUT2D eigenvalue weighted by atomic mass is 9.94. The Labute approximate surface area is 122 Å². The molecule has 0 radical (unpaired) electrons. The van der Waals surface area contributed by atoms with Gasteiger partial charge in [-0.25, -0.2) is 9.78 Å². The fraction of sp³-hybridized carbons (Fsp3) is 0.643. The molecule has 2 atom stereocenters. The van der Waals surface area contributed by atoms with Crippen LogP contribution in [0.2, 0.25) is 0 Å². The lowest BCUT2D eigenvalue weighted by Crippen LogP contribution is -2.26. The van der Waals surface area contributed by atoms with Crippen molar-refractivity contribution < 1.29 is 19.4 Å². The average molecular weight is 293 g/mol. The van der Waals surface area contributed by atoms with E-state index in [1.165, 1.54) is 7.11 Å². The number of carboxylic acid groups (broad SMARTS) is 1. The van der Waals surface area contributed by atoms with Gasteiger partial charge in [0.1, 0.15) is 5.82 Å². The van der Waals surface area contributed by atoms with Crippen LogP contribution in [0.1, 0.15) is 53.1 Å². The highest BCUT2D eigenvalue weighted by molar-refractivity contribution is 5.90. The largest absolute Gasteiger partial charge is 0.476 e. The molecule has 0 aromatic carbocycles. The van der Waals surface area contributed by atoms with E-state index in [4.69, 9.17) is 4.74 Å². The molecular weight excluding hydrogens is 274 g/mol. The molecule has 21 heavy (non-hydrogen) atoms. The van der Waals surface area contributed by atoms with E-state index >= 15 is 0 Å². The first kappa shape index (κ1) is 14.1. The molecule has 3 heterocycles.